The lowest BCUT2D eigenvalue weighted by Crippen LogP contribution is -2.49. The molecule has 2 rings (SSSR count). The molecule has 0 saturated carbocycles. The minimum absolute atomic E-state index is 0.113. The average molecular weight is 457 g/mol. The van der Waals surface area contributed by atoms with Crippen molar-refractivity contribution in [1.29, 1.82) is 0 Å². The lowest BCUT2D eigenvalue weighted by Gasteiger charge is -2.21. The third-order valence-corrected chi connectivity index (χ3v) is 7.15. The molecule has 1 atom stereocenters. The van der Waals surface area contributed by atoms with Gasteiger partial charge in [-0.1, -0.05) is 25.6 Å². The minimum atomic E-state index is -3.65. The Bertz CT molecular complexity index is 1020. The van der Waals surface area contributed by atoms with Crippen molar-refractivity contribution in [3.63, 3.8) is 0 Å². The summed E-state index contributed by atoms with van der Waals surface area (Å²) in [4.78, 5) is 24.4. The van der Waals surface area contributed by atoms with Crippen molar-refractivity contribution in [2.45, 2.75) is 62.4 Å². The number of sulfonamides is 1. The number of carbonyl (C=O) groups is 2. The predicted molar refractivity (Wildman–Crippen MR) is 115 cm³/mol. The molecule has 0 aliphatic heterocycles. The van der Waals surface area contributed by atoms with Crippen LogP contribution < -0.4 is 10.6 Å². The van der Waals surface area contributed by atoms with Crippen LogP contribution in [-0.4, -0.2) is 63.1 Å². The van der Waals surface area contributed by atoms with Gasteiger partial charge >= 0.3 is 6.03 Å². The number of aromatic nitrogens is 3. The fraction of sp³-hybridized carbons (Fsp3) is 0.556. The number of amides is 3. The van der Waals surface area contributed by atoms with Crippen LogP contribution in [0.4, 0.5) is 4.79 Å². The first-order chi connectivity index (χ1) is 13.9. The Kier molecular flexibility index (Phi) is 7.48. The predicted octanol–water partition coefficient (Wildman–Crippen LogP) is 1.86. The van der Waals surface area contributed by atoms with Gasteiger partial charge in [-0.05, 0) is 39.8 Å². The van der Waals surface area contributed by atoms with Crippen LogP contribution >= 0.6 is 11.8 Å². The van der Waals surface area contributed by atoms with Gasteiger partial charge in [-0.15, -0.1) is 10.2 Å². The van der Waals surface area contributed by atoms with Crippen molar-refractivity contribution in [3.8, 4) is 0 Å². The van der Waals surface area contributed by atoms with Crippen LogP contribution in [0.15, 0.2) is 28.4 Å². The monoisotopic (exact) mass is 456 g/mol. The van der Waals surface area contributed by atoms with Crippen LogP contribution in [0.2, 0.25) is 0 Å². The quantitative estimate of drug-likeness (QED) is 0.609. The van der Waals surface area contributed by atoms with Gasteiger partial charge in [0.2, 0.25) is 15.9 Å². The van der Waals surface area contributed by atoms with Crippen molar-refractivity contribution < 1.29 is 18.0 Å². The first-order valence-electron chi connectivity index (χ1n) is 9.53. The number of imide groups is 1. The molecule has 0 spiro atoms. The first kappa shape index (κ1) is 24.1. The molecule has 2 heterocycles. The fourth-order valence-electron chi connectivity index (χ4n) is 2.59. The van der Waals surface area contributed by atoms with Crippen molar-refractivity contribution in [3.05, 3.63) is 18.3 Å². The number of fused-ring (bicyclic) bond motifs is 1. The molecule has 0 aromatic carbocycles. The van der Waals surface area contributed by atoms with E-state index in [0.717, 1.165) is 11.8 Å². The highest BCUT2D eigenvalue weighted by Gasteiger charge is 2.25. The van der Waals surface area contributed by atoms with Gasteiger partial charge in [-0.2, -0.15) is 4.31 Å². The Labute approximate surface area is 180 Å². The van der Waals surface area contributed by atoms with Crippen LogP contribution in [0.1, 0.15) is 41.5 Å². The van der Waals surface area contributed by atoms with Crippen LogP contribution in [0.25, 0.3) is 5.65 Å². The molecular formula is C18H28N6O4S2. The molecule has 2 aromatic heterocycles. The van der Waals surface area contributed by atoms with Gasteiger partial charge in [0.05, 0.1) is 10.1 Å². The van der Waals surface area contributed by atoms with Gasteiger partial charge in [0.15, 0.2) is 10.8 Å². The van der Waals surface area contributed by atoms with E-state index in [-0.39, 0.29) is 4.90 Å². The third kappa shape index (κ3) is 5.70. The Morgan fingerprint density at radius 1 is 1.20 bits per heavy atom. The lowest BCUT2D eigenvalue weighted by molar-refractivity contribution is -0.119. The Balaban J connectivity index is 2.22. The maximum absolute atomic E-state index is 12.8. The van der Waals surface area contributed by atoms with Gasteiger partial charge in [0.1, 0.15) is 0 Å². The smallest absolute Gasteiger partial charge is 0.321 e. The van der Waals surface area contributed by atoms with E-state index in [4.69, 9.17) is 0 Å². The highest BCUT2D eigenvalue weighted by atomic mass is 32.2. The van der Waals surface area contributed by atoms with Crippen LogP contribution in [0, 0.1) is 0 Å². The molecule has 0 radical (unpaired) electrons. The molecular weight excluding hydrogens is 428 g/mol. The minimum Gasteiger partial charge on any atom is -0.333 e. The largest absolute Gasteiger partial charge is 0.333 e. The summed E-state index contributed by atoms with van der Waals surface area (Å²) in [7, 11) is -3.65. The zero-order chi connectivity index (χ0) is 22.7. The second-order valence-electron chi connectivity index (χ2n) is 7.62. The average Bonchev–Trinajstić information content (AvgIpc) is 3.03. The number of rotatable bonds is 7. The van der Waals surface area contributed by atoms with E-state index in [9.17, 15) is 18.0 Å². The number of carbonyl (C=O) groups excluding carboxylic acids is 2. The molecule has 0 saturated heterocycles. The molecule has 0 unspecified atom stereocenters. The summed E-state index contributed by atoms with van der Waals surface area (Å²) < 4.78 is 28.5. The second kappa shape index (κ2) is 9.31. The van der Waals surface area contributed by atoms with Crippen molar-refractivity contribution in [2.24, 2.45) is 0 Å². The van der Waals surface area contributed by atoms with Crippen LogP contribution in [0.3, 0.4) is 0 Å². The molecule has 12 heteroatoms. The number of hydrogen-bond acceptors (Lipinski definition) is 7. The van der Waals surface area contributed by atoms with E-state index in [1.54, 1.807) is 47.6 Å². The summed E-state index contributed by atoms with van der Waals surface area (Å²) in [6.07, 6.45) is 1.45. The van der Waals surface area contributed by atoms with Gasteiger partial charge in [-0.25, -0.2) is 13.2 Å². The SMILES string of the molecule is CCN(CC)S(=O)(=O)c1ccc2nnc(S[C@@H](C)C(=O)NC(=O)NC(C)(C)C)n2c1. The van der Waals surface area contributed by atoms with E-state index < -0.39 is 32.8 Å². The standard InChI is InChI=1S/C18H28N6O4S2/c1-7-23(8-2)30(27,28)13-9-10-14-21-22-17(24(14)11-13)29-12(3)15(25)19-16(26)20-18(4,5)6/h9-12H,7-8H2,1-6H3,(H2,19,20,25,26)/t12-/m0/s1. The molecule has 0 fully saturated rings. The molecule has 0 bridgehead atoms. The Morgan fingerprint density at radius 3 is 2.40 bits per heavy atom. The van der Waals surface area contributed by atoms with E-state index in [1.807, 2.05) is 0 Å². The number of nitrogens with one attached hydrogen (secondary N) is 2. The zero-order valence-corrected chi connectivity index (χ0v) is 19.6. The summed E-state index contributed by atoms with van der Waals surface area (Å²) in [5, 5.41) is 12.7. The van der Waals surface area contributed by atoms with Gasteiger partial charge in [0, 0.05) is 24.8 Å². The Morgan fingerprint density at radius 2 is 1.83 bits per heavy atom. The van der Waals surface area contributed by atoms with E-state index >= 15 is 0 Å². The van der Waals surface area contributed by atoms with Crippen molar-refractivity contribution >= 4 is 39.4 Å². The summed E-state index contributed by atoms with van der Waals surface area (Å²) in [6.45, 7) is 11.3. The second-order valence-corrected chi connectivity index (χ2v) is 10.9. The van der Waals surface area contributed by atoms with Gasteiger partial charge in [-0.3, -0.25) is 14.5 Å². The fourth-order valence-corrected chi connectivity index (χ4v) is 4.88. The third-order valence-electron chi connectivity index (χ3n) is 4.06. The zero-order valence-electron chi connectivity index (χ0n) is 18.0. The summed E-state index contributed by atoms with van der Waals surface area (Å²) in [6, 6.07) is 2.47. The number of hydrogen-bond donors (Lipinski definition) is 2. The molecule has 3 amide bonds. The van der Waals surface area contributed by atoms with E-state index in [2.05, 4.69) is 20.8 Å². The first-order valence-corrected chi connectivity index (χ1v) is 11.9. The van der Waals surface area contributed by atoms with E-state index in [0.29, 0.717) is 23.9 Å². The molecule has 0 aliphatic carbocycles. The summed E-state index contributed by atoms with van der Waals surface area (Å²) >= 11 is 1.08. The number of thioether (sulfide) groups is 1. The highest BCUT2D eigenvalue weighted by molar-refractivity contribution is 8.00. The molecule has 0 aliphatic rings. The van der Waals surface area contributed by atoms with E-state index in [1.165, 1.54) is 21.0 Å². The molecule has 10 nitrogen and oxygen atoms in total. The van der Waals surface area contributed by atoms with Gasteiger partial charge in [0.25, 0.3) is 0 Å². The van der Waals surface area contributed by atoms with Crippen LogP contribution in [-0.2, 0) is 14.8 Å². The maximum atomic E-state index is 12.8. The molecule has 30 heavy (non-hydrogen) atoms. The highest BCUT2D eigenvalue weighted by Crippen LogP contribution is 2.24. The molecule has 2 N–H and O–H groups in total. The number of pyridine rings is 1. The Hall–Kier alpha value is -2.18. The maximum Gasteiger partial charge on any atom is 0.321 e. The lowest BCUT2D eigenvalue weighted by atomic mass is 10.1. The van der Waals surface area contributed by atoms with Gasteiger partial charge < -0.3 is 5.32 Å². The van der Waals surface area contributed by atoms with Crippen molar-refractivity contribution in [1.82, 2.24) is 29.5 Å². The summed E-state index contributed by atoms with van der Waals surface area (Å²) in [5.41, 5.74) is -0.0226. The number of nitrogens with zero attached hydrogens (tertiary/aromatic N) is 4. The normalized spacial score (nSPS) is 13.4. The molecule has 166 valence electrons. The molecule has 2 aromatic rings. The van der Waals surface area contributed by atoms with Crippen molar-refractivity contribution in [2.75, 3.05) is 13.1 Å². The number of urea groups is 1. The topological polar surface area (TPSA) is 126 Å². The van der Waals surface area contributed by atoms with Crippen LogP contribution in [0.5, 0.6) is 0 Å². The summed E-state index contributed by atoms with van der Waals surface area (Å²) in [5.74, 6) is -0.495.